The Kier molecular flexibility index (Phi) is 19.7. The van der Waals surface area contributed by atoms with Crippen molar-refractivity contribution in [2.24, 2.45) is 5.41 Å². The quantitative estimate of drug-likeness (QED) is 0.708. The summed E-state index contributed by atoms with van der Waals surface area (Å²) in [5.41, 5.74) is 0.447. The molecule has 0 saturated heterocycles. The number of hydrogen-bond acceptors (Lipinski definition) is 3. The fraction of sp³-hybridized carbons (Fsp3) is 0.750. The van der Waals surface area contributed by atoms with Gasteiger partial charge in [0.2, 0.25) is 0 Å². The minimum Gasteiger partial charge on any atom is -0.855 e. The Bertz CT molecular complexity index is 226. The van der Waals surface area contributed by atoms with Crippen LogP contribution in [0.2, 0.25) is 3.12 Å². The van der Waals surface area contributed by atoms with E-state index < -0.39 is 0 Å². The second-order valence-corrected chi connectivity index (χ2v) is 7.65. The molecule has 1 aliphatic rings. The normalized spacial score (nSPS) is 14.3. The third-order valence-electron chi connectivity index (χ3n) is 1.72. The molecule has 0 heterocycles. The maximum atomic E-state index is 8.93. The number of rotatable bonds is 1. The molecule has 0 spiro atoms. The van der Waals surface area contributed by atoms with Crippen LogP contribution < -0.4 is 15.3 Å². The Balaban J connectivity index is -0.000000268. The smallest absolute Gasteiger partial charge is 0.0809 e. The van der Waals surface area contributed by atoms with Crippen molar-refractivity contribution >= 4 is 0 Å². The fourth-order valence-corrected chi connectivity index (χ4v) is 3.28. The summed E-state index contributed by atoms with van der Waals surface area (Å²) in [6.45, 7) is 11.6. The maximum Gasteiger partial charge on any atom is -0.0809 e. The van der Waals surface area contributed by atoms with Crippen LogP contribution in [0.5, 0.6) is 0 Å². The first kappa shape index (κ1) is 25.2. The van der Waals surface area contributed by atoms with Crippen LogP contribution in [0, 0.1) is 5.41 Å². The van der Waals surface area contributed by atoms with E-state index in [1.54, 1.807) is 45.5 Å². The second kappa shape index (κ2) is 15.6. The molecule has 0 aliphatic heterocycles. The summed E-state index contributed by atoms with van der Waals surface area (Å²) in [4.78, 5) is 0. The molecule has 0 aromatic heterocycles. The Morgan fingerprint density at radius 2 is 1.10 bits per heavy atom. The van der Waals surface area contributed by atoms with Gasteiger partial charge in [-0.15, -0.1) is 19.8 Å². The van der Waals surface area contributed by atoms with Gasteiger partial charge in [0, 0.05) is 0 Å². The molecule has 116 valence electrons. The predicted molar refractivity (Wildman–Crippen MR) is 76.7 cm³/mol. The Morgan fingerprint density at radius 3 is 1.30 bits per heavy atom. The molecule has 4 heteroatoms. The van der Waals surface area contributed by atoms with E-state index in [4.69, 9.17) is 15.3 Å². The van der Waals surface area contributed by atoms with Gasteiger partial charge in [0.15, 0.2) is 0 Å². The third-order valence-corrected chi connectivity index (χ3v) is 2.98. The summed E-state index contributed by atoms with van der Waals surface area (Å²) >= 11 is 1.61. The summed E-state index contributed by atoms with van der Waals surface area (Å²) in [7, 11) is 0. The molecule has 0 aromatic rings. The van der Waals surface area contributed by atoms with Gasteiger partial charge >= 0.3 is 84.8 Å². The predicted octanol–water partition coefficient (Wildman–Crippen LogP) is 1.35. The van der Waals surface area contributed by atoms with Gasteiger partial charge in [-0.3, -0.25) is 0 Å². The molecule has 0 saturated carbocycles. The van der Waals surface area contributed by atoms with Crippen molar-refractivity contribution in [2.75, 3.05) is 19.8 Å². The van der Waals surface area contributed by atoms with E-state index in [1.807, 2.05) is 0 Å². The van der Waals surface area contributed by atoms with Crippen molar-refractivity contribution in [3.63, 3.8) is 0 Å². The van der Waals surface area contributed by atoms with Crippen molar-refractivity contribution < 1.29 is 40.0 Å². The van der Waals surface area contributed by atoms with Gasteiger partial charge in [-0.25, -0.2) is 0 Å². The Hall–Kier alpha value is 0.243. The molecule has 0 amide bonds. The van der Waals surface area contributed by atoms with Crippen molar-refractivity contribution in [3.05, 3.63) is 24.3 Å². The molecule has 0 N–H and O–H groups in total. The Morgan fingerprint density at radius 1 is 0.850 bits per heavy atom. The zero-order valence-electron chi connectivity index (χ0n) is 13.9. The molecule has 0 aromatic carbocycles. The van der Waals surface area contributed by atoms with E-state index >= 15 is 0 Å². The zero-order valence-corrected chi connectivity index (χ0v) is 16.3. The minimum absolute atomic E-state index is 0. The molecule has 1 aliphatic carbocycles. The molecule has 0 unspecified atom stereocenters. The van der Waals surface area contributed by atoms with Gasteiger partial charge < -0.3 is 15.3 Å². The van der Waals surface area contributed by atoms with Gasteiger partial charge in [-0.2, -0.15) is 0 Å². The maximum absolute atomic E-state index is 8.93. The van der Waals surface area contributed by atoms with E-state index in [0.717, 1.165) is 0 Å². The molecule has 1 rings (SSSR count). The van der Waals surface area contributed by atoms with E-state index in [-0.39, 0.29) is 19.8 Å². The van der Waals surface area contributed by atoms with Gasteiger partial charge in [0.25, 0.3) is 0 Å². The van der Waals surface area contributed by atoms with Crippen LogP contribution in [0.3, 0.4) is 0 Å². The molecule has 0 fully saturated rings. The monoisotopic (exact) mass is 360 g/mol. The largest absolute Gasteiger partial charge is 0.855 e. The average molecular weight is 362 g/mol. The molecule has 0 bridgehead atoms. The van der Waals surface area contributed by atoms with Crippen molar-refractivity contribution in [3.8, 4) is 0 Å². The van der Waals surface area contributed by atoms with Crippen LogP contribution in [-0.4, -0.2) is 19.8 Å². The topological polar surface area (TPSA) is 69.2 Å². The first-order chi connectivity index (χ1) is 9.16. The molecular formula is C16H30O3Zr. The summed E-state index contributed by atoms with van der Waals surface area (Å²) in [6.07, 6.45) is 10.3. The first-order valence-electron chi connectivity index (χ1n) is 7.02. The van der Waals surface area contributed by atoms with E-state index in [2.05, 4.69) is 45.1 Å². The second-order valence-electron chi connectivity index (χ2n) is 5.36. The van der Waals surface area contributed by atoms with Crippen LogP contribution in [0.1, 0.15) is 48.0 Å². The summed E-state index contributed by atoms with van der Waals surface area (Å²) < 4.78 is 0.408. The van der Waals surface area contributed by atoms with Crippen molar-refractivity contribution in [2.45, 2.75) is 51.1 Å². The van der Waals surface area contributed by atoms with E-state index in [9.17, 15) is 0 Å². The average Bonchev–Trinajstić information content (AvgIpc) is 2.65. The Labute approximate surface area is 140 Å². The number of hydrogen-bond donors (Lipinski definition) is 0. The molecule has 20 heavy (non-hydrogen) atoms. The molecular weight excluding hydrogens is 331 g/mol. The molecule has 0 radical (unpaired) electrons. The van der Waals surface area contributed by atoms with Crippen LogP contribution in [0.25, 0.3) is 0 Å². The van der Waals surface area contributed by atoms with Crippen LogP contribution >= 0.6 is 0 Å². The first-order valence-corrected chi connectivity index (χ1v) is 8.25. The zero-order chi connectivity index (χ0) is 16.7. The summed E-state index contributed by atoms with van der Waals surface area (Å²) in [5.74, 6) is 0. The number of allylic oxidation sites excluding steroid dienone is 4. The minimum atomic E-state index is 0. The van der Waals surface area contributed by atoms with Gasteiger partial charge in [-0.05, 0) is 0 Å². The van der Waals surface area contributed by atoms with E-state index in [1.165, 1.54) is 6.42 Å². The van der Waals surface area contributed by atoms with Crippen LogP contribution in [0.15, 0.2) is 24.3 Å². The SMILES string of the molecule is CC(C)(C)C[C]1([Zr+3])C=CC=C1.CC[O-].CC[O-].CC[O-]. The summed E-state index contributed by atoms with van der Waals surface area (Å²) in [5, 5.41) is 26.8. The summed E-state index contributed by atoms with van der Waals surface area (Å²) in [6, 6.07) is 0. The van der Waals surface area contributed by atoms with Gasteiger partial charge in [-0.1, -0.05) is 20.8 Å². The van der Waals surface area contributed by atoms with Gasteiger partial charge in [0.05, 0.1) is 0 Å². The fourth-order valence-electron chi connectivity index (χ4n) is 1.51. The van der Waals surface area contributed by atoms with E-state index in [0.29, 0.717) is 8.54 Å². The van der Waals surface area contributed by atoms with Crippen LogP contribution in [-0.2, 0) is 24.7 Å². The van der Waals surface area contributed by atoms with Crippen molar-refractivity contribution in [1.29, 1.82) is 0 Å². The molecule has 3 nitrogen and oxygen atoms in total. The standard InChI is InChI=1S/C10H15.3C2H5O.Zr/c1-10(2,3)8-9-6-4-5-7-9;3*1-2-3;/h4-7H,8H2,1-3H3;3*2H2,1H3;/q;3*-1;+3. The molecule has 0 atom stereocenters. The third kappa shape index (κ3) is 23.3. The van der Waals surface area contributed by atoms with Crippen LogP contribution in [0.4, 0.5) is 0 Å². The van der Waals surface area contributed by atoms with Crippen molar-refractivity contribution in [1.82, 2.24) is 0 Å². The van der Waals surface area contributed by atoms with Gasteiger partial charge in [0.1, 0.15) is 0 Å².